The van der Waals surface area contributed by atoms with E-state index in [2.05, 4.69) is 5.32 Å². The van der Waals surface area contributed by atoms with E-state index in [0.717, 1.165) is 5.57 Å². The van der Waals surface area contributed by atoms with Crippen LogP contribution in [0.2, 0.25) is 0 Å². The van der Waals surface area contributed by atoms with Gasteiger partial charge >= 0.3 is 5.97 Å². The Morgan fingerprint density at radius 1 is 1.14 bits per heavy atom. The minimum atomic E-state index is -0.311. The number of hydrogen-bond acceptors (Lipinski definition) is 4. The van der Waals surface area contributed by atoms with E-state index in [9.17, 15) is 14.4 Å². The van der Waals surface area contributed by atoms with Gasteiger partial charge in [0, 0.05) is 32.6 Å². The highest BCUT2D eigenvalue weighted by atomic mass is 16.5. The highest BCUT2D eigenvalue weighted by molar-refractivity contribution is 5.88. The molecule has 21 heavy (non-hydrogen) atoms. The number of ether oxygens (including phenoxy) is 1. The SMILES string of the molecule is CCOC(=O)CCN(CCCNC(C)=O)C(=O)C=C(C)C. The summed E-state index contributed by atoms with van der Waals surface area (Å²) in [4.78, 5) is 35.8. The molecule has 0 saturated carbocycles. The summed E-state index contributed by atoms with van der Waals surface area (Å²) in [6.07, 6.45) is 2.37. The van der Waals surface area contributed by atoms with Crippen LogP contribution in [0, 0.1) is 0 Å². The van der Waals surface area contributed by atoms with Crippen molar-refractivity contribution in [3.05, 3.63) is 11.6 Å². The van der Waals surface area contributed by atoms with Gasteiger partial charge in [0.15, 0.2) is 0 Å². The minimum absolute atomic E-state index is 0.0938. The molecule has 0 unspecified atom stereocenters. The number of carbonyl (C=O) groups excluding carboxylic acids is 3. The molecule has 120 valence electrons. The Kier molecular flexibility index (Phi) is 9.92. The Labute approximate surface area is 126 Å². The predicted molar refractivity (Wildman–Crippen MR) is 80.6 cm³/mol. The van der Waals surface area contributed by atoms with Crippen molar-refractivity contribution in [3.8, 4) is 0 Å². The summed E-state index contributed by atoms with van der Waals surface area (Å²) >= 11 is 0. The van der Waals surface area contributed by atoms with Crippen molar-refractivity contribution in [2.24, 2.45) is 0 Å². The third-order valence-corrected chi connectivity index (χ3v) is 2.59. The lowest BCUT2D eigenvalue weighted by atomic mass is 10.2. The molecule has 0 rings (SSSR count). The third kappa shape index (κ3) is 10.6. The van der Waals surface area contributed by atoms with Crippen LogP contribution in [0.5, 0.6) is 0 Å². The quantitative estimate of drug-likeness (QED) is 0.395. The molecule has 0 saturated heterocycles. The molecule has 0 atom stereocenters. The maximum atomic E-state index is 12.1. The smallest absolute Gasteiger partial charge is 0.307 e. The van der Waals surface area contributed by atoms with Gasteiger partial charge in [0.2, 0.25) is 11.8 Å². The van der Waals surface area contributed by atoms with E-state index in [0.29, 0.717) is 32.7 Å². The fourth-order valence-electron chi connectivity index (χ4n) is 1.66. The summed E-state index contributed by atoms with van der Waals surface area (Å²) < 4.78 is 4.86. The van der Waals surface area contributed by atoms with Gasteiger partial charge in [-0.15, -0.1) is 0 Å². The number of nitrogens with one attached hydrogen (secondary N) is 1. The zero-order valence-electron chi connectivity index (χ0n) is 13.4. The van der Waals surface area contributed by atoms with Gasteiger partial charge in [-0.1, -0.05) is 5.57 Å². The second-order valence-corrected chi connectivity index (χ2v) is 4.94. The third-order valence-electron chi connectivity index (χ3n) is 2.59. The van der Waals surface area contributed by atoms with Crippen molar-refractivity contribution < 1.29 is 19.1 Å². The predicted octanol–water partition coefficient (Wildman–Crippen LogP) is 1.26. The zero-order valence-corrected chi connectivity index (χ0v) is 13.4. The summed E-state index contributed by atoms with van der Waals surface area (Å²) in [7, 11) is 0. The Morgan fingerprint density at radius 2 is 1.81 bits per heavy atom. The first kappa shape index (κ1) is 19.1. The molecule has 6 nitrogen and oxygen atoms in total. The fourth-order valence-corrected chi connectivity index (χ4v) is 1.66. The molecule has 0 aliphatic rings. The maximum absolute atomic E-state index is 12.1. The Balaban J connectivity index is 4.40. The molecule has 0 radical (unpaired) electrons. The lowest BCUT2D eigenvalue weighted by Crippen LogP contribution is -2.35. The largest absolute Gasteiger partial charge is 0.466 e. The van der Waals surface area contributed by atoms with Crippen molar-refractivity contribution in [3.63, 3.8) is 0 Å². The summed E-state index contributed by atoms with van der Waals surface area (Å²) in [5, 5.41) is 2.68. The molecule has 0 heterocycles. The number of hydrogen-bond donors (Lipinski definition) is 1. The lowest BCUT2D eigenvalue weighted by molar-refractivity contribution is -0.143. The van der Waals surface area contributed by atoms with Crippen LogP contribution in [0.3, 0.4) is 0 Å². The molecule has 0 aromatic carbocycles. The van der Waals surface area contributed by atoms with E-state index >= 15 is 0 Å². The standard InChI is InChI=1S/C15H26N2O4/c1-5-21-15(20)7-10-17(14(19)11-12(2)3)9-6-8-16-13(4)18/h11H,5-10H2,1-4H3,(H,16,18). The summed E-state index contributed by atoms with van der Waals surface area (Å²) in [5.41, 5.74) is 0.906. The van der Waals surface area contributed by atoms with Crippen LogP contribution in [0.15, 0.2) is 11.6 Å². The number of rotatable bonds is 9. The van der Waals surface area contributed by atoms with E-state index < -0.39 is 0 Å². The fraction of sp³-hybridized carbons (Fsp3) is 0.667. The Bertz CT molecular complexity index is 387. The van der Waals surface area contributed by atoms with Gasteiger partial charge in [0.25, 0.3) is 0 Å². The van der Waals surface area contributed by atoms with Crippen LogP contribution >= 0.6 is 0 Å². The zero-order chi connectivity index (χ0) is 16.3. The number of esters is 1. The average Bonchev–Trinajstić information content (AvgIpc) is 2.36. The number of allylic oxidation sites excluding steroid dienone is 1. The highest BCUT2D eigenvalue weighted by Crippen LogP contribution is 2.01. The van der Waals surface area contributed by atoms with Gasteiger partial charge in [-0.2, -0.15) is 0 Å². The first-order valence-electron chi connectivity index (χ1n) is 7.20. The van der Waals surface area contributed by atoms with Gasteiger partial charge in [-0.3, -0.25) is 14.4 Å². The molecule has 0 aliphatic heterocycles. The van der Waals surface area contributed by atoms with Crippen molar-refractivity contribution in [1.82, 2.24) is 10.2 Å². The van der Waals surface area contributed by atoms with Gasteiger partial charge in [-0.25, -0.2) is 0 Å². The van der Waals surface area contributed by atoms with Gasteiger partial charge in [-0.05, 0) is 27.2 Å². The molecule has 0 aromatic rings. The monoisotopic (exact) mass is 298 g/mol. The molecular formula is C15H26N2O4. The van der Waals surface area contributed by atoms with Crippen molar-refractivity contribution in [2.45, 2.75) is 40.5 Å². The van der Waals surface area contributed by atoms with Crippen molar-refractivity contribution in [1.29, 1.82) is 0 Å². The minimum Gasteiger partial charge on any atom is -0.466 e. The Morgan fingerprint density at radius 3 is 2.33 bits per heavy atom. The molecule has 0 aromatic heterocycles. The first-order chi connectivity index (χ1) is 9.86. The number of nitrogens with zero attached hydrogens (tertiary/aromatic N) is 1. The number of amides is 2. The molecule has 6 heteroatoms. The van der Waals surface area contributed by atoms with E-state index in [1.807, 2.05) is 13.8 Å². The van der Waals surface area contributed by atoms with Gasteiger partial charge < -0.3 is 15.0 Å². The topological polar surface area (TPSA) is 75.7 Å². The second kappa shape index (κ2) is 10.9. The van der Waals surface area contributed by atoms with E-state index in [1.54, 1.807) is 17.9 Å². The molecule has 2 amide bonds. The summed E-state index contributed by atoms with van der Waals surface area (Å²) in [5.74, 6) is -0.528. The van der Waals surface area contributed by atoms with Gasteiger partial charge in [0.05, 0.1) is 13.0 Å². The van der Waals surface area contributed by atoms with Gasteiger partial charge in [0.1, 0.15) is 0 Å². The normalized spacial score (nSPS) is 9.71. The molecule has 0 spiro atoms. The summed E-state index contributed by atoms with van der Waals surface area (Å²) in [6, 6.07) is 0. The van der Waals surface area contributed by atoms with E-state index in [1.165, 1.54) is 6.92 Å². The van der Waals surface area contributed by atoms with Crippen LogP contribution in [-0.2, 0) is 19.1 Å². The highest BCUT2D eigenvalue weighted by Gasteiger charge is 2.13. The van der Waals surface area contributed by atoms with E-state index in [4.69, 9.17) is 4.74 Å². The summed E-state index contributed by atoms with van der Waals surface area (Å²) in [6.45, 7) is 8.54. The van der Waals surface area contributed by atoms with Crippen LogP contribution in [0.1, 0.15) is 40.5 Å². The second-order valence-electron chi connectivity index (χ2n) is 4.94. The van der Waals surface area contributed by atoms with Crippen LogP contribution in [0.25, 0.3) is 0 Å². The molecule has 0 aliphatic carbocycles. The lowest BCUT2D eigenvalue weighted by Gasteiger charge is -2.21. The molecular weight excluding hydrogens is 272 g/mol. The van der Waals surface area contributed by atoms with Crippen molar-refractivity contribution >= 4 is 17.8 Å². The molecule has 1 N–H and O–H groups in total. The van der Waals surface area contributed by atoms with Crippen LogP contribution < -0.4 is 5.32 Å². The first-order valence-corrected chi connectivity index (χ1v) is 7.20. The number of carbonyl (C=O) groups is 3. The van der Waals surface area contributed by atoms with Crippen LogP contribution in [-0.4, -0.2) is 48.9 Å². The molecule has 0 fully saturated rings. The van der Waals surface area contributed by atoms with Crippen molar-refractivity contribution in [2.75, 3.05) is 26.2 Å². The maximum Gasteiger partial charge on any atom is 0.307 e. The average molecular weight is 298 g/mol. The van der Waals surface area contributed by atoms with Crippen LogP contribution in [0.4, 0.5) is 0 Å². The molecule has 0 bridgehead atoms. The Hall–Kier alpha value is -1.85. The van der Waals surface area contributed by atoms with E-state index in [-0.39, 0.29) is 24.2 Å².